The molecule has 148 valence electrons. The molecule has 2 atom stereocenters. The second-order valence-electron chi connectivity index (χ2n) is 7.68. The monoisotopic (exact) mass is 382 g/mol. The number of carbonyl (C=O) groups excluding carboxylic acids is 2. The molecule has 2 heterocycles. The van der Waals surface area contributed by atoms with Crippen molar-refractivity contribution in [2.24, 2.45) is 5.92 Å². The van der Waals surface area contributed by atoms with E-state index >= 15 is 0 Å². The van der Waals surface area contributed by atoms with Gasteiger partial charge < -0.3 is 15.0 Å². The Bertz CT molecular complexity index is 874. The molecule has 7 heteroatoms. The van der Waals surface area contributed by atoms with Crippen molar-refractivity contribution in [3.05, 3.63) is 47.3 Å². The van der Waals surface area contributed by atoms with Gasteiger partial charge in [0.1, 0.15) is 5.75 Å². The first-order valence-electron chi connectivity index (χ1n) is 9.75. The lowest BCUT2D eigenvalue weighted by Gasteiger charge is -2.17. The summed E-state index contributed by atoms with van der Waals surface area (Å²) in [6.45, 7) is 4.32. The summed E-state index contributed by atoms with van der Waals surface area (Å²) in [4.78, 5) is 25.7. The number of ether oxygens (including phenoxy) is 1. The third-order valence-electron chi connectivity index (χ3n) is 5.73. The van der Waals surface area contributed by atoms with Crippen LogP contribution in [0.1, 0.15) is 29.7 Å². The van der Waals surface area contributed by atoms with Gasteiger partial charge in [-0.1, -0.05) is 12.1 Å². The Balaban J connectivity index is 1.35. The van der Waals surface area contributed by atoms with E-state index in [0.717, 1.165) is 36.5 Å². The highest BCUT2D eigenvalue weighted by atomic mass is 16.5. The van der Waals surface area contributed by atoms with Gasteiger partial charge in [0.25, 0.3) is 0 Å². The van der Waals surface area contributed by atoms with Crippen LogP contribution >= 0.6 is 0 Å². The van der Waals surface area contributed by atoms with Gasteiger partial charge in [0.05, 0.1) is 25.8 Å². The van der Waals surface area contributed by atoms with Crippen LogP contribution in [0.3, 0.4) is 0 Å². The van der Waals surface area contributed by atoms with E-state index in [2.05, 4.69) is 11.5 Å². The quantitative estimate of drug-likeness (QED) is 0.819. The van der Waals surface area contributed by atoms with Crippen LogP contribution in [-0.2, 0) is 29.0 Å². The van der Waals surface area contributed by atoms with Crippen LogP contribution in [0.25, 0.3) is 0 Å². The van der Waals surface area contributed by atoms with Crippen LogP contribution in [0.5, 0.6) is 5.75 Å². The summed E-state index contributed by atoms with van der Waals surface area (Å²) in [6.07, 6.45) is 3.49. The normalized spacial score (nSPS) is 20.0. The SMILES string of the molecule is COc1ccc(CC(=O)N2C[C@H]3Cc4cn(CCNC(C)=O)nc4[C@H]3C2)cc1. The lowest BCUT2D eigenvalue weighted by atomic mass is 9.99. The average Bonchev–Trinajstić information content (AvgIpc) is 3.32. The van der Waals surface area contributed by atoms with Crippen molar-refractivity contribution in [3.8, 4) is 5.75 Å². The molecule has 0 saturated carbocycles. The summed E-state index contributed by atoms with van der Waals surface area (Å²) < 4.78 is 7.09. The lowest BCUT2D eigenvalue weighted by Crippen LogP contribution is -2.30. The Morgan fingerprint density at radius 2 is 2.04 bits per heavy atom. The van der Waals surface area contributed by atoms with Crippen LogP contribution in [0.2, 0.25) is 0 Å². The average molecular weight is 382 g/mol. The molecule has 2 aromatic rings. The molecule has 2 amide bonds. The van der Waals surface area contributed by atoms with Gasteiger partial charge >= 0.3 is 0 Å². The van der Waals surface area contributed by atoms with Gasteiger partial charge in [0.2, 0.25) is 11.8 Å². The highest BCUT2D eigenvalue weighted by Crippen LogP contribution is 2.42. The van der Waals surface area contributed by atoms with Crippen molar-refractivity contribution in [2.45, 2.75) is 32.2 Å². The van der Waals surface area contributed by atoms with E-state index in [9.17, 15) is 9.59 Å². The zero-order chi connectivity index (χ0) is 19.7. The summed E-state index contributed by atoms with van der Waals surface area (Å²) in [7, 11) is 1.64. The molecule has 1 aliphatic heterocycles. The Hall–Kier alpha value is -2.83. The number of likely N-dealkylation sites (tertiary alicyclic amines) is 1. The Morgan fingerprint density at radius 3 is 2.75 bits per heavy atom. The molecule has 7 nitrogen and oxygen atoms in total. The number of benzene rings is 1. The maximum Gasteiger partial charge on any atom is 0.227 e. The highest BCUT2D eigenvalue weighted by molar-refractivity contribution is 5.79. The van der Waals surface area contributed by atoms with E-state index in [1.165, 1.54) is 12.5 Å². The number of fused-ring (bicyclic) bond motifs is 3. The minimum atomic E-state index is -0.0263. The molecule has 1 N–H and O–H groups in total. The zero-order valence-electron chi connectivity index (χ0n) is 16.4. The first-order chi connectivity index (χ1) is 13.5. The number of carbonyl (C=O) groups is 2. The smallest absolute Gasteiger partial charge is 0.227 e. The zero-order valence-corrected chi connectivity index (χ0v) is 16.4. The van der Waals surface area contributed by atoms with Crippen molar-refractivity contribution < 1.29 is 14.3 Å². The molecule has 1 aromatic carbocycles. The van der Waals surface area contributed by atoms with E-state index in [1.54, 1.807) is 7.11 Å². The fourth-order valence-electron chi connectivity index (χ4n) is 4.31. The van der Waals surface area contributed by atoms with Crippen LogP contribution in [-0.4, -0.2) is 53.2 Å². The number of nitrogens with zero attached hydrogens (tertiary/aromatic N) is 3. The fourth-order valence-corrected chi connectivity index (χ4v) is 4.31. The molecule has 1 saturated heterocycles. The van der Waals surface area contributed by atoms with Gasteiger partial charge in [-0.3, -0.25) is 14.3 Å². The lowest BCUT2D eigenvalue weighted by molar-refractivity contribution is -0.129. The van der Waals surface area contributed by atoms with Gasteiger partial charge in [0, 0.05) is 38.7 Å². The molecule has 1 aromatic heterocycles. The van der Waals surface area contributed by atoms with Crippen molar-refractivity contribution >= 4 is 11.8 Å². The van der Waals surface area contributed by atoms with Crippen molar-refractivity contribution in [2.75, 3.05) is 26.7 Å². The summed E-state index contributed by atoms with van der Waals surface area (Å²) in [5, 5.41) is 7.54. The van der Waals surface area contributed by atoms with Gasteiger partial charge in [-0.2, -0.15) is 5.10 Å². The predicted octanol–water partition coefficient (Wildman–Crippen LogP) is 1.37. The van der Waals surface area contributed by atoms with E-state index in [0.29, 0.717) is 31.3 Å². The van der Waals surface area contributed by atoms with Crippen molar-refractivity contribution in [1.82, 2.24) is 20.0 Å². The summed E-state index contributed by atoms with van der Waals surface area (Å²) in [5.74, 6) is 1.75. The van der Waals surface area contributed by atoms with Crippen LogP contribution in [0.4, 0.5) is 0 Å². The highest BCUT2D eigenvalue weighted by Gasteiger charge is 2.43. The molecule has 0 bridgehead atoms. The summed E-state index contributed by atoms with van der Waals surface area (Å²) in [5.41, 5.74) is 3.43. The molecular weight excluding hydrogens is 356 g/mol. The van der Waals surface area contributed by atoms with E-state index in [4.69, 9.17) is 9.84 Å². The summed E-state index contributed by atoms with van der Waals surface area (Å²) >= 11 is 0. The first kappa shape index (κ1) is 18.5. The third kappa shape index (κ3) is 3.74. The first-order valence-corrected chi connectivity index (χ1v) is 9.75. The van der Waals surface area contributed by atoms with Crippen LogP contribution in [0, 0.1) is 5.92 Å². The number of hydrogen-bond acceptors (Lipinski definition) is 4. The molecule has 1 fully saturated rings. The van der Waals surface area contributed by atoms with Gasteiger partial charge in [-0.05, 0) is 35.6 Å². The number of rotatable bonds is 6. The molecular formula is C21H26N4O3. The molecule has 0 spiro atoms. The van der Waals surface area contributed by atoms with Gasteiger partial charge in [-0.25, -0.2) is 0 Å². The Kier molecular flexibility index (Phi) is 5.07. The topological polar surface area (TPSA) is 76.5 Å². The molecule has 0 unspecified atom stereocenters. The number of hydrogen-bond donors (Lipinski definition) is 1. The van der Waals surface area contributed by atoms with Crippen molar-refractivity contribution in [3.63, 3.8) is 0 Å². The maximum atomic E-state index is 12.8. The Morgan fingerprint density at radius 1 is 1.25 bits per heavy atom. The number of methoxy groups -OCH3 is 1. The largest absolute Gasteiger partial charge is 0.497 e. The summed E-state index contributed by atoms with van der Waals surface area (Å²) in [6, 6.07) is 7.67. The fraction of sp³-hybridized carbons (Fsp3) is 0.476. The number of nitrogens with one attached hydrogen (secondary N) is 1. The molecule has 4 rings (SSSR count). The minimum absolute atomic E-state index is 0.0263. The molecule has 0 radical (unpaired) electrons. The van der Waals surface area contributed by atoms with E-state index in [-0.39, 0.29) is 11.8 Å². The van der Waals surface area contributed by atoms with Crippen molar-refractivity contribution in [1.29, 1.82) is 0 Å². The van der Waals surface area contributed by atoms with Crippen LogP contribution < -0.4 is 10.1 Å². The number of aromatic nitrogens is 2. The minimum Gasteiger partial charge on any atom is -0.497 e. The van der Waals surface area contributed by atoms with Gasteiger partial charge in [0.15, 0.2) is 0 Å². The van der Waals surface area contributed by atoms with E-state index < -0.39 is 0 Å². The standard InChI is InChI=1S/C21H26N4O3/c1-14(26)22-7-8-25-12-17-10-16-11-24(13-19(16)21(17)23-25)20(27)9-15-3-5-18(28-2)6-4-15/h3-6,12,16,19H,7-11,13H2,1-2H3,(H,22,26)/t16-,19+/m1/s1. The predicted molar refractivity (Wildman–Crippen MR) is 104 cm³/mol. The Labute approximate surface area is 164 Å². The molecule has 1 aliphatic carbocycles. The second kappa shape index (κ2) is 7.66. The van der Waals surface area contributed by atoms with E-state index in [1.807, 2.05) is 33.8 Å². The van der Waals surface area contributed by atoms with Gasteiger partial charge in [-0.15, -0.1) is 0 Å². The molecule has 28 heavy (non-hydrogen) atoms. The second-order valence-corrected chi connectivity index (χ2v) is 7.68. The van der Waals surface area contributed by atoms with Crippen LogP contribution in [0.15, 0.2) is 30.5 Å². The number of amides is 2. The third-order valence-corrected chi connectivity index (χ3v) is 5.73. The molecule has 2 aliphatic rings. The maximum absolute atomic E-state index is 12.8.